The fourth-order valence-corrected chi connectivity index (χ4v) is 2.13. The molecule has 0 aliphatic heterocycles. The highest BCUT2D eigenvalue weighted by Crippen LogP contribution is 2.13. The van der Waals surface area contributed by atoms with Crippen LogP contribution in [0, 0.1) is 5.92 Å². The van der Waals surface area contributed by atoms with Gasteiger partial charge in [-0.2, -0.15) is 11.8 Å². The second-order valence-corrected chi connectivity index (χ2v) is 5.19. The predicted octanol–water partition coefficient (Wildman–Crippen LogP) is 2.13. The Labute approximate surface area is 111 Å². The topological polar surface area (TPSA) is 66.8 Å². The van der Waals surface area contributed by atoms with Gasteiger partial charge in [0.15, 0.2) is 0 Å². The van der Waals surface area contributed by atoms with Crippen molar-refractivity contribution in [3.05, 3.63) is 29.8 Å². The summed E-state index contributed by atoms with van der Waals surface area (Å²) in [5, 5.41) is 17.6. The lowest BCUT2D eigenvalue weighted by molar-refractivity contribution is 0.0697. The summed E-state index contributed by atoms with van der Waals surface area (Å²) in [4.78, 5) is 10.6. The smallest absolute Gasteiger partial charge is 0.335 e. The molecule has 0 fully saturated rings. The van der Waals surface area contributed by atoms with Crippen LogP contribution in [0.1, 0.15) is 17.3 Å². The van der Waals surface area contributed by atoms with Crippen molar-refractivity contribution in [2.24, 2.45) is 5.92 Å². The van der Waals surface area contributed by atoms with Crippen LogP contribution in [0.15, 0.2) is 24.3 Å². The van der Waals surface area contributed by atoms with E-state index in [2.05, 4.69) is 0 Å². The first kappa shape index (κ1) is 14.9. The maximum Gasteiger partial charge on any atom is 0.335 e. The van der Waals surface area contributed by atoms with Crippen LogP contribution in [0.4, 0.5) is 0 Å². The largest absolute Gasteiger partial charge is 0.493 e. The van der Waals surface area contributed by atoms with Crippen molar-refractivity contribution in [2.75, 3.05) is 24.7 Å². The molecule has 0 aliphatic carbocycles. The second kappa shape index (κ2) is 8.00. The van der Waals surface area contributed by atoms with Crippen molar-refractivity contribution < 1.29 is 19.7 Å². The van der Waals surface area contributed by atoms with Crippen LogP contribution in [-0.4, -0.2) is 40.9 Å². The van der Waals surface area contributed by atoms with Crippen LogP contribution in [-0.2, 0) is 0 Å². The van der Waals surface area contributed by atoms with Crippen molar-refractivity contribution in [1.82, 2.24) is 0 Å². The summed E-state index contributed by atoms with van der Waals surface area (Å²) in [5.74, 6) is 1.82. The van der Waals surface area contributed by atoms with Gasteiger partial charge in [0.2, 0.25) is 0 Å². The van der Waals surface area contributed by atoms with Crippen molar-refractivity contribution in [2.45, 2.75) is 6.92 Å². The molecule has 18 heavy (non-hydrogen) atoms. The number of aliphatic hydroxyl groups excluding tert-OH is 1. The van der Waals surface area contributed by atoms with Gasteiger partial charge < -0.3 is 14.9 Å². The molecule has 0 saturated carbocycles. The van der Waals surface area contributed by atoms with Crippen molar-refractivity contribution in [1.29, 1.82) is 0 Å². The van der Waals surface area contributed by atoms with Crippen LogP contribution in [0.3, 0.4) is 0 Å². The van der Waals surface area contributed by atoms with E-state index in [9.17, 15) is 4.79 Å². The van der Waals surface area contributed by atoms with E-state index in [-0.39, 0.29) is 12.2 Å². The molecule has 0 saturated heterocycles. The maximum absolute atomic E-state index is 10.6. The first-order valence-corrected chi connectivity index (χ1v) is 6.93. The summed E-state index contributed by atoms with van der Waals surface area (Å²) in [6.45, 7) is 2.79. The predicted molar refractivity (Wildman–Crippen MR) is 72.5 cm³/mol. The fourth-order valence-electron chi connectivity index (χ4n) is 1.25. The Morgan fingerprint density at radius 2 is 2.06 bits per heavy atom. The van der Waals surface area contributed by atoms with Crippen LogP contribution in [0.2, 0.25) is 0 Å². The van der Waals surface area contributed by atoms with E-state index in [1.54, 1.807) is 23.9 Å². The summed E-state index contributed by atoms with van der Waals surface area (Å²) in [6.07, 6.45) is 0. The minimum Gasteiger partial charge on any atom is -0.493 e. The Hall–Kier alpha value is -1.20. The van der Waals surface area contributed by atoms with Crippen LogP contribution >= 0.6 is 11.8 Å². The van der Waals surface area contributed by atoms with E-state index in [1.165, 1.54) is 12.1 Å². The highest BCUT2D eigenvalue weighted by molar-refractivity contribution is 7.99. The molecule has 2 N–H and O–H groups in total. The SMILES string of the molecule is CC(CO)CSCCOc1ccc(C(=O)O)cc1. The van der Waals surface area contributed by atoms with Gasteiger partial charge in [0.05, 0.1) is 12.2 Å². The standard InChI is InChI=1S/C13H18O4S/c1-10(8-14)9-18-7-6-17-12-4-2-11(3-5-12)13(15)16/h2-5,10,14H,6-9H2,1H3,(H,15,16). The number of ether oxygens (including phenoxy) is 1. The Bertz CT molecular complexity index is 364. The number of hydrogen-bond donors (Lipinski definition) is 2. The van der Waals surface area contributed by atoms with Crippen LogP contribution < -0.4 is 4.74 Å². The summed E-state index contributed by atoms with van der Waals surface area (Å²) in [7, 11) is 0. The molecular weight excluding hydrogens is 252 g/mol. The first-order valence-electron chi connectivity index (χ1n) is 5.78. The molecule has 0 radical (unpaired) electrons. The lowest BCUT2D eigenvalue weighted by Crippen LogP contribution is -2.07. The molecule has 1 aromatic carbocycles. The Morgan fingerprint density at radius 1 is 1.39 bits per heavy atom. The molecule has 1 atom stereocenters. The van der Waals surface area contributed by atoms with Gasteiger partial charge in [-0.15, -0.1) is 0 Å². The number of aromatic carboxylic acids is 1. The zero-order valence-electron chi connectivity index (χ0n) is 10.3. The van der Waals surface area contributed by atoms with Gasteiger partial charge >= 0.3 is 5.97 Å². The molecule has 0 amide bonds. The lowest BCUT2D eigenvalue weighted by atomic mass is 10.2. The number of carboxylic acids is 1. The molecule has 5 heteroatoms. The maximum atomic E-state index is 10.6. The van der Waals surface area contributed by atoms with Gasteiger partial charge in [0.1, 0.15) is 5.75 Å². The van der Waals surface area contributed by atoms with Gasteiger partial charge in [0, 0.05) is 12.4 Å². The number of benzene rings is 1. The Balaban J connectivity index is 2.21. The molecule has 0 bridgehead atoms. The average molecular weight is 270 g/mol. The van der Waals surface area contributed by atoms with E-state index in [1.807, 2.05) is 6.92 Å². The second-order valence-electron chi connectivity index (χ2n) is 4.04. The summed E-state index contributed by atoms with van der Waals surface area (Å²) in [6, 6.07) is 6.37. The Morgan fingerprint density at radius 3 is 2.61 bits per heavy atom. The van der Waals surface area contributed by atoms with E-state index >= 15 is 0 Å². The van der Waals surface area contributed by atoms with Crippen LogP contribution in [0.25, 0.3) is 0 Å². The number of carboxylic acid groups (broad SMARTS) is 1. The van der Waals surface area contributed by atoms with E-state index in [4.69, 9.17) is 14.9 Å². The van der Waals surface area contributed by atoms with Gasteiger partial charge in [0.25, 0.3) is 0 Å². The molecule has 1 rings (SSSR count). The summed E-state index contributed by atoms with van der Waals surface area (Å²) in [5.41, 5.74) is 0.258. The minimum absolute atomic E-state index is 0.213. The van der Waals surface area contributed by atoms with Gasteiger partial charge in [-0.3, -0.25) is 0 Å². The molecule has 100 valence electrons. The fraction of sp³-hybridized carbons (Fsp3) is 0.462. The van der Waals surface area contributed by atoms with Gasteiger partial charge in [-0.1, -0.05) is 6.92 Å². The van der Waals surface area contributed by atoms with E-state index in [0.29, 0.717) is 18.3 Å². The number of rotatable bonds is 8. The highest BCUT2D eigenvalue weighted by atomic mass is 32.2. The highest BCUT2D eigenvalue weighted by Gasteiger charge is 2.02. The molecule has 0 spiro atoms. The monoisotopic (exact) mass is 270 g/mol. The average Bonchev–Trinajstić information content (AvgIpc) is 2.38. The van der Waals surface area contributed by atoms with Gasteiger partial charge in [-0.25, -0.2) is 4.79 Å². The van der Waals surface area contributed by atoms with Crippen molar-refractivity contribution in [3.63, 3.8) is 0 Å². The number of thioether (sulfide) groups is 1. The third-order valence-corrected chi connectivity index (χ3v) is 3.57. The Kier molecular flexibility index (Phi) is 6.60. The zero-order chi connectivity index (χ0) is 13.4. The molecular formula is C13H18O4S. The molecule has 0 aromatic heterocycles. The van der Waals surface area contributed by atoms with Crippen molar-refractivity contribution in [3.8, 4) is 5.75 Å². The first-order chi connectivity index (χ1) is 8.63. The zero-order valence-corrected chi connectivity index (χ0v) is 11.2. The number of hydrogen-bond acceptors (Lipinski definition) is 4. The molecule has 0 aliphatic rings. The normalized spacial score (nSPS) is 12.1. The molecule has 4 nitrogen and oxygen atoms in total. The summed E-state index contributed by atoms with van der Waals surface area (Å²) < 4.78 is 5.48. The molecule has 1 aromatic rings. The minimum atomic E-state index is -0.935. The van der Waals surface area contributed by atoms with Gasteiger partial charge in [-0.05, 0) is 35.9 Å². The van der Waals surface area contributed by atoms with Crippen LogP contribution in [0.5, 0.6) is 5.75 Å². The van der Waals surface area contributed by atoms with E-state index < -0.39 is 5.97 Å². The number of aliphatic hydroxyl groups is 1. The number of carbonyl (C=O) groups is 1. The van der Waals surface area contributed by atoms with E-state index in [0.717, 1.165) is 11.5 Å². The third-order valence-electron chi connectivity index (χ3n) is 2.31. The molecule has 0 heterocycles. The lowest BCUT2D eigenvalue weighted by Gasteiger charge is -2.08. The third kappa shape index (κ3) is 5.42. The summed E-state index contributed by atoms with van der Waals surface area (Å²) >= 11 is 1.73. The quantitative estimate of drug-likeness (QED) is 0.708. The van der Waals surface area contributed by atoms with Crippen molar-refractivity contribution >= 4 is 17.7 Å². The molecule has 1 unspecified atom stereocenters.